The van der Waals surface area contributed by atoms with Crippen molar-refractivity contribution in [1.82, 2.24) is 9.80 Å². The van der Waals surface area contributed by atoms with Crippen molar-refractivity contribution in [3.05, 3.63) is 65.7 Å². The predicted octanol–water partition coefficient (Wildman–Crippen LogP) is 2.16. The normalized spacial score (nSPS) is 22.9. The Morgan fingerprint density at radius 2 is 1.74 bits per heavy atom. The average molecular weight is 366 g/mol. The van der Waals surface area contributed by atoms with E-state index in [0.29, 0.717) is 6.61 Å². The summed E-state index contributed by atoms with van der Waals surface area (Å²) in [6, 6.07) is 17.6. The van der Waals surface area contributed by atoms with Gasteiger partial charge in [-0.15, -0.1) is 0 Å². The number of hydrogen-bond donors (Lipinski definition) is 0. The molecule has 1 saturated heterocycles. The number of rotatable bonds is 5. The van der Waals surface area contributed by atoms with Gasteiger partial charge in [0.05, 0.1) is 0 Å². The van der Waals surface area contributed by atoms with Gasteiger partial charge in [-0.3, -0.25) is 9.69 Å². The fourth-order valence-corrected chi connectivity index (χ4v) is 3.92. The molecule has 0 N–H and O–H groups in total. The fraction of sp³-hybridized carbons (Fsp3) is 0.409. The first-order valence-corrected chi connectivity index (χ1v) is 9.56. The number of esters is 1. The van der Waals surface area contributed by atoms with Gasteiger partial charge in [0.25, 0.3) is 0 Å². The molecule has 0 aromatic heterocycles. The predicted molar refractivity (Wildman–Crippen MR) is 104 cm³/mol. The molecule has 1 unspecified atom stereocenters. The smallest absolute Gasteiger partial charge is 0.324 e. The van der Waals surface area contributed by atoms with Crippen LogP contribution in [0.4, 0.5) is 0 Å². The summed E-state index contributed by atoms with van der Waals surface area (Å²) in [4.78, 5) is 18.0. The van der Waals surface area contributed by atoms with Crippen molar-refractivity contribution in [2.75, 3.05) is 53.0 Å². The van der Waals surface area contributed by atoms with E-state index < -0.39 is 5.41 Å². The number of hydrogen-bond acceptors (Lipinski definition) is 5. The summed E-state index contributed by atoms with van der Waals surface area (Å²) in [6.07, 6.45) is 0. The molecule has 2 heterocycles. The van der Waals surface area contributed by atoms with E-state index in [1.165, 1.54) is 0 Å². The van der Waals surface area contributed by atoms with Crippen molar-refractivity contribution >= 4 is 5.97 Å². The molecule has 142 valence electrons. The molecule has 0 radical (unpaired) electrons. The Bertz CT molecular complexity index is 787. The SMILES string of the molecule is CN1CCN(CCOC(=O)C2(c3ccccc3)COc3ccccc32)CC1. The zero-order valence-electron chi connectivity index (χ0n) is 15.8. The molecule has 2 aromatic rings. The van der Waals surface area contributed by atoms with Crippen LogP contribution in [-0.4, -0.2) is 68.8 Å². The van der Waals surface area contributed by atoms with Crippen molar-refractivity contribution in [1.29, 1.82) is 0 Å². The number of ether oxygens (including phenoxy) is 2. The number of fused-ring (bicyclic) bond motifs is 1. The second-order valence-corrected chi connectivity index (χ2v) is 7.34. The van der Waals surface area contributed by atoms with Gasteiger partial charge in [0, 0.05) is 38.3 Å². The molecule has 2 aromatic carbocycles. The number of para-hydroxylation sites is 1. The summed E-state index contributed by atoms with van der Waals surface area (Å²) in [5.74, 6) is 0.533. The third kappa shape index (κ3) is 3.45. The summed E-state index contributed by atoms with van der Waals surface area (Å²) < 4.78 is 11.7. The maximum atomic E-state index is 13.3. The third-order valence-electron chi connectivity index (χ3n) is 5.64. The van der Waals surface area contributed by atoms with Crippen LogP contribution < -0.4 is 4.74 Å². The highest BCUT2D eigenvalue weighted by Gasteiger charge is 2.50. The lowest BCUT2D eigenvalue weighted by Crippen LogP contribution is -2.46. The first kappa shape index (κ1) is 18.0. The molecule has 1 fully saturated rings. The molecule has 27 heavy (non-hydrogen) atoms. The number of likely N-dealkylation sites (N-methyl/N-ethyl adjacent to an activating group) is 1. The van der Waals surface area contributed by atoms with E-state index in [-0.39, 0.29) is 12.6 Å². The van der Waals surface area contributed by atoms with Crippen molar-refractivity contribution in [3.63, 3.8) is 0 Å². The zero-order valence-corrected chi connectivity index (χ0v) is 15.8. The van der Waals surface area contributed by atoms with E-state index in [1.54, 1.807) is 0 Å². The van der Waals surface area contributed by atoms with E-state index in [1.807, 2.05) is 54.6 Å². The second kappa shape index (κ2) is 7.71. The molecular weight excluding hydrogens is 340 g/mol. The molecular formula is C22H26N2O3. The molecule has 0 amide bonds. The van der Waals surface area contributed by atoms with Crippen molar-refractivity contribution in [2.24, 2.45) is 0 Å². The van der Waals surface area contributed by atoms with Crippen LogP contribution in [-0.2, 0) is 14.9 Å². The van der Waals surface area contributed by atoms with Crippen LogP contribution in [0.2, 0.25) is 0 Å². The lowest BCUT2D eigenvalue weighted by molar-refractivity contribution is -0.149. The molecule has 0 spiro atoms. The second-order valence-electron chi connectivity index (χ2n) is 7.34. The lowest BCUT2D eigenvalue weighted by Gasteiger charge is -2.32. The summed E-state index contributed by atoms with van der Waals surface area (Å²) >= 11 is 0. The average Bonchev–Trinajstić information content (AvgIpc) is 3.11. The standard InChI is InChI=1S/C22H26N2O3/c1-23-11-13-24(14-12-23)15-16-26-21(25)22(18-7-3-2-4-8-18)17-27-20-10-6-5-9-19(20)22/h2-10H,11-17H2,1H3. The van der Waals surface area contributed by atoms with Gasteiger partial charge in [-0.05, 0) is 18.7 Å². The number of nitrogens with zero attached hydrogens (tertiary/aromatic N) is 2. The first-order valence-electron chi connectivity index (χ1n) is 9.56. The summed E-state index contributed by atoms with van der Waals surface area (Å²) in [5.41, 5.74) is 0.917. The van der Waals surface area contributed by atoms with Crippen LogP contribution in [0.25, 0.3) is 0 Å². The van der Waals surface area contributed by atoms with Gasteiger partial charge < -0.3 is 14.4 Å². The van der Waals surface area contributed by atoms with Crippen LogP contribution in [0, 0.1) is 0 Å². The Hall–Kier alpha value is -2.37. The molecule has 1 atom stereocenters. The Morgan fingerprint density at radius 1 is 1.04 bits per heavy atom. The number of carbonyl (C=O) groups is 1. The van der Waals surface area contributed by atoms with Crippen LogP contribution in [0.1, 0.15) is 11.1 Å². The highest BCUT2D eigenvalue weighted by atomic mass is 16.5. The molecule has 0 saturated carbocycles. The lowest BCUT2D eigenvalue weighted by atomic mass is 9.76. The van der Waals surface area contributed by atoms with Crippen LogP contribution in [0.3, 0.4) is 0 Å². The van der Waals surface area contributed by atoms with Crippen LogP contribution in [0.5, 0.6) is 5.75 Å². The van der Waals surface area contributed by atoms with E-state index in [4.69, 9.17) is 9.47 Å². The molecule has 2 aliphatic rings. The molecule has 2 aliphatic heterocycles. The van der Waals surface area contributed by atoms with Crippen LogP contribution in [0.15, 0.2) is 54.6 Å². The van der Waals surface area contributed by atoms with Crippen LogP contribution >= 0.6 is 0 Å². The highest BCUT2D eigenvalue weighted by molar-refractivity contribution is 5.90. The zero-order chi connectivity index (χ0) is 18.7. The molecule has 0 bridgehead atoms. The van der Waals surface area contributed by atoms with E-state index in [2.05, 4.69) is 16.8 Å². The monoisotopic (exact) mass is 366 g/mol. The van der Waals surface area contributed by atoms with Crippen molar-refractivity contribution in [3.8, 4) is 5.75 Å². The largest absolute Gasteiger partial charge is 0.491 e. The molecule has 5 nitrogen and oxygen atoms in total. The van der Waals surface area contributed by atoms with Gasteiger partial charge in [0.1, 0.15) is 19.0 Å². The quantitative estimate of drug-likeness (QED) is 0.759. The van der Waals surface area contributed by atoms with Gasteiger partial charge >= 0.3 is 5.97 Å². The maximum Gasteiger partial charge on any atom is 0.324 e. The van der Waals surface area contributed by atoms with Crippen molar-refractivity contribution < 1.29 is 14.3 Å². The highest BCUT2D eigenvalue weighted by Crippen LogP contribution is 2.44. The number of benzene rings is 2. The summed E-state index contributed by atoms with van der Waals surface area (Å²) in [6.45, 7) is 5.61. The third-order valence-corrected chi connectivity index (χ3v) is 5.64. The Morgan fingerprint density at radius 3 is 2.52 bits per heavy atom. The molecule has 0 aliphatic carbocycles. The minimum atomic E-state index is -0.889. The minimum absolute atomic E-state index is 0.229. The van der Waals surface area contributed by atoms with Crippen molar-refractivity contribution in [2.45, 2.75) is 5.41 Å². The van der Waals surface area contributed by atoms with E-state index in [9.17, 15) is 4.79 Å². The van der Waals surface area contributed by atoms with Gasteiger partial charge in [-0.25, -0.2) is 0 Å². The number of carbonyl (C=O) groups excluding carboxylic acids is 1. The Kier molecular flexibility index (Phi) is 5.14. The molecule has 5 heteroatoms. The van der Waals surface area contributed by atoms with Gasteiger partial charge in [-0.2, -0.15) is 0 Å². The molecule has 4 rings (SSSR count). The van der Waals surface area contributed by atoms with E-state index >= 15 is 0 Å². The minimum Gasteiger partial charge on any atom is -0.491 e. The summed E-state index contributed by atoms with van der Waals surface area (Å²) in [5, 5.41) is 0. The van der Waals surface area contributed by atoms with Gasteiger partial charge in [0.2, 0.25) is 0 Å². The first-order chi connectivity index (χ1) is 13.2. The van der Waals surface area contributed by atoms with Gasteiger partial charge in [0.15, 0.2) is 5.41 Å². The summed E-state index contributed by atoms with van der Waals surface area (Å²) in [7, 11) is 2.14. The number of piperazine rings is 1. The maximum absolute atomic E-state index is 13.3. The Labute approximate surface area is 160 Å². The Balaban J connectivity index is 1.51. The fourth-order valence-electron chi connectivity index (χ4n) is 3.92. The van der Waals surface area contributed by atoms with Gasteiger partial charge in [-0.1, -0.05) is 48.5 Å². The van der Waals surface area contributed by atoms with E-state index in [0.717, 1.165) is 49.6 Å². The topological polar surface area (TPSA) is 42.0 Å².